The molecule has 0 spiro atoms. The molecular formula is C23H21N3O4. The highest BCUT2D eigenvalue weighted by Gasteiger charge is 2.16. The van der Waals surface area contributed by atoms with E-state index >= 15 is 0 Å². The quantitative estimate of drug-likeness (QED) is 0.495. The number of methoxy groups -OCH3 is 3. The van der Waals surface area contributed by atoms with Crippen molar-refractivity contribution in [2.24, 2.45) is 0 Å². The van der Waals surface area contributed by atoms with Gasteiger partial charge in [-0.05, 0) is 42.0 Å². The lowest BCUT2D eigenvalue weighted by molar-refractivity contribution is 0.102. The van der Waals surface area contributed by atoms with Crippen LogP contribution >= 0.6 is 0 Å². The predicted octanol–water partition coefficient (Wildman–Crippen LogP) is 4.51. The summed E-state index contributed by atoms with van der Waals surface area (Å²) in [6.07, 6.45) is 0. The standard InChI is InChI=1S/C23H21N3O4/c1-28-15-9-11-16(21(13-15)30-3)14-8-10-17-19(12-14)25-26-22(17)24-23(27)18-6-4-5-7-20(18)29-2/h4-13H,1-3H3,(H2,24,25,26,27). The van der Waals surface area contributed by atoms with E-state index in [2.05, 4.69) is 15.5 Å². The normalized spacial score (nSPS) is 10.6. The van der Waals surface area contributed by atoms with E-state index in [1.54, 1.807) is 32.4 Å². The average Bonchev–Trinajstić information content (AvgIpc) is 3.20. The molecule has 0 aliphatic carbocycles. The third-order valence-electron chi connectivity index (χ3n) is 4.87. The molecule has 3 aromatic carbocycles. The van der Waals surface area contributed by atoms with Crippen molar-refractivity contribution in [1.82, 2.24) is 10.2 Å². The molecule has 0 bridgehead atoms. The van der Waals surface area contributed by atoms with Gasteiger partial charge >= 0.3 is 0 Å². The van der Waals surface area contributed by atoms with E-state index in [1.807, 2.05) is 42.5 Å². The van der Waals surface area contributed by atoms with Crippen molar-refractivity contribution in [2.45, 2.75) is 0 Å². The van der Waals surface area contributed by atoms with Crippen molar-refractivity contribution < 1.29 is 19.0 Å². The van der Waals surface area contributed by atoms with Crippen LogP contribution in [0.1, 0.15) is 10.4 Å². The first kappa shape index (κ1) is 19.3. The van der Waals surface area contributed by atoms with E-state index in [1.165, 1.54) is 7.11 Å². The summed E-state index contributed by atoms with van der Waals surface area (Å²) in [6.45, 7) is 0. The first-order valence-electron chi connectivity index (χ1n) is 9.29. The van der Waals surface area contributed by atoms with E-state index in [4.69, 9.17) is 14.2 Å². The van der Waals surface area contributed by atoms with Gasteiger partial charge in [0.2, 0.25) is 0 Å². The fourth-order valence-electron chi connectivity index (χ4n) is 3.33. The minimum atomic E-state index is -0.290. The van der Waals surface area contributed by atoms with Gasteiger partial charge in [-0.1, -0.05) is 18.2 Å². The number of aromatic amines is 1. The molecule has 1 heterocycles. The van der Waals surface area contributed by atoms with Crippen LogP contribution in [0.4, 0.5) is 5.82 Å². The molecule has 30 heavy (non-hydrogen) atoms. The van der Waals surface area contributed by atoms with Gasteiger partial charge in [0.25, 0.3) is 5.91 Å². The number of fused-ring (bicyclic) bond motifs is 1. The Labute approximate surface area is 173 Å². The maximum absolute atomic E-state index is 12.7. The molecule has 2 N–H and O–H groups in total. The third kappa shape index (κ3) is 3.53. The van der Waals surface area contributed by atoms with Crippen LogP contribution in [-0.4, -0.2) is 37.4 Å². The molecular weight excluding hydrogens is 382 g/mol. The lowest BCUT2D eigenvalue weighted by Crippen LogP contribution is -2.13. The largest absolute Gasteiger partial charge is 0.497 e. The topological polar surface area (TPSA) is 85.5 Å². The summed E-state index contributed by atoms with van der Waals surface area (Å²) in [5.41, 5.74) is 3.11. The summed E-state index contributed by atoms with van der Waals surface area (Å²) in [6, 6.07) is 18.5. The van der Waals surface area contributed by atoms with Crippen LogP contribution in [-0.2, 0) is 0 Å². The Morgan fingerprint density at radius 2 is 1.70 bits per heavy atom. The van der Waals surface area contributed by atoms with Gasteiger partial charge in [-0.3, -0.25) is 9.89 Å². The Kier molecular flexibility index (Phi) is 5.26. The maximum atomic E-state index is 12.7. The van der Waals surface area contributed by atoms with Crippen LogP contribution in [0.3, 0.4) is 0 Å². The Morgan fingerprint density at radius 3 is 2.47 bits per heavy atom. The Hall–Kier alpha value is -4.00. The number of carbonyl (C=O) groups is 1. The predicted molar refractivity (Wildman–Crippen MR) is 116 cm³/mol. The highest BCUT2D eigenvalue weighted by atomic mass is 16.5. The zero-order valence-electron chi connectivity index (χ0n) is 16.9. The number of hydrogen-bond donors (Lipinski definition) is 2. The summed E-state index contributed by atoms with van der Waals surface area (Å²) < 4.78 is 16.0. The number of ether oxygens (including phenoxy) is 3. The van der Waals surface area contributed by atoms with E-state index in [0.717, 1.165) is 27.8 Å². The number of amides is 1. The van der Waals surface area contributed by atoms with Crippen LogP contribution in [0.5, 0.6) is 17.2 Å². The second-order valence-corrected chi connectivity index (χ2v) is 6.55. The first-order chi connectivity index (χ1) is 14.6. The Bertz CT molecular complexity index is 1220. The highest BCUT2D eigenvalue weighted by Crippen LogP contribution is 2.35. The average molecular weight is 403 g/mol. The van der Waals surface area contributed by atoms with Crippen molar-refractivity contribution in [3.63, 3.8) is 0 Å². The van der Waals surface area contributed by atoms with Crippen LogP contribution < -0.4 is 19.5 Å². The van der Waals surface area contributed by atoms with Crippen molar-refractivity contribution in [2.75, 3.05) is 26.6 Å². The van der Waals surface area contributed by atoms with Gasteiger partial charge in [0, 0.05) is 17.0 Å². The number of anilines is 1. The van der Waals surface area contributed by atoms with Crippen molar-refractivity contribution in [3.8, 4) is 28.4 Å². The molecule has 0 unspecified atom stereocenters. The van der Waals surface area contributed by atoms with Crippen molar-refractivity contribution in [1.29, 1.82) is 0 Å². The molecule has 0 saturated carbocycles. The zero-order valence-corrected chi connectivity index (χ0v) is 16.9. The second kappa shape index (κ2) is 8.16. The number of H-pyrrole nitrogens is 1. The van der Waals surface area contributed by atoms with Crippen LogP contribution in [0.15, 0.2) is 60.7 Å². The monoisotopic (exact) mass is 403 g/mol. The molecule has 0 fully saturated rings. The molecule has 152 valence electrons. The molecule has 4 rings (SSSR count). The molecule has 1 amide bonds. The van der Waals surface area contributed by atoms with Crippen LogP contribution in [0, 0.1) is 0 Å². The van der Waals surface area contributed by atoms with E-state index in [-0.39, 0.29) is 5.91 Å². The molecule has 0 aliphatic rings. The summed E-state index contributed by atoms with van der Waals surface area (Å²) in [5, 5.41) is 10.9. The van der Waals surface area contributed by atoms with Gasteiger partial charge < -0.3 is 19.5 Å². The Morgan fingerprint density at radius 1 is 0.900 bits per heavy atom. The van der Waals surface area contributed by atoms with Crippen LogP contribution in [0.2, 0.25) is 0 Å². The van der Waals surface area contributed by atoms with Crippen molar-refractivity contribution in [3.05, 3.63) is 66.2 Å². The molecule has 7 heteroatoms. The molecule has 4 aromatic rings. The molecule has 1 aromatic heterocycles. The SMILES string of the molecule is COc1ccc(-c2ccc3c(NC(=O)c4ccccc4OC)n[nH]c3c2)c(OC)c1. The number of aromatic nitrogens is 2. The first-order valence-corrected chi connectivity index (χ1v) is 9.29. The lowest BCUT2D eigenvalue weighted by atomic mass is 10.0. The number of nitrogens with zero attached hydrogens (tertiary/aromatic N) is 1. The Balaban J connectivity index is 1.66. The number of hydrogen-bond acceptors (Lipinski definition) is 5. The second-order valence-electron chi connectivity index (χ2n) is 6.55. The molecule has 0 aliphatic heterocycles. The zero-order chi connectivity index (χ0) is 21.1. The number of rotatable bonds is 6. The van der Waals surface area contributed by atoms with E-state index < -0.39 is 0 Å². The third-order valence-corrected chi connectivity index (χ3v) is 4.87. The van der Waals surface area contributed by atoms with Crippen LogP contribution in [0.25, 0.3) is 22.0 Å². The summed E-state index contributed by atoms with van der Waals surface area (Å²) in [7, 11) is 4.77. The van der Waals surface area contributed by atoms with Crippen molar-refractivity contribution >= 4 is 22.6 Å². The number of benzene rings is 3. The van der Waals surface area contributed by atoms with E-state index in [9.17, 15) is 4.79 Å². The van der Waals surface area contributed by atoms with Gasteiger partial charge in [0.15, 0.2) is 5.82 Å². The fraction of sp³-hybridized carbons (Fsp3) is 0.130. The van der Waals surface area contributed by atoms with Gasteiger partial charge in [-0.15, -0.1) is 0 Å². The maximum Gasteiger partial charge on any atom is 0.260 e. The fourth-order valence-corrected chi connectivity index (χ4v) is 3.33. The van der Waals surface area contributed by atoms with Gasteiger partial charge in [0.05, 0.1) is 32.4 Å². The number of nitrogens with one attached hydrogen (secondary N) is 2. The summed E-state index contributed by atoms with van der Waals surface area (Å²) in [5.74, 6) is 2.09. The minimum absolute atomic E-state index is 0.290. The van der Waals surface area contributed by atoms with Gasteiger partial charge in [0.1, 0.15) is 17.2 Å². The number of carbonyl (C=O) groups excluding carboxylic acids is 1. The minimum Gasteiger partial charge on any atom is -0.497 e. The summed E-state index contributed by atoms with van der Waals surface area (Å²) >= 11 is 0. The van der Waals surface area contributed by atoms with E-state index in [0.29, 0.717) is 22.9 Å². The molecule has 7 nitrogen and oxygen atoms in total. The summed E-state index contributed by atoms with van der Waals surface area (Å²) in [4.78, 5) is 12.7. The smallest absolute Gasteiger partial charge is 0.260 e. The molecule has 0 saturated heterocycles. The lowest BCUT2D eigenvalue weighted by Gasteiger charge is -2.11. The van der Waals surface area contributed by atoms with Gasteiger partial charge in [-0.25, -0.2) is 0 Å². The highest BCUT2D eigenvalue weighted by molar-refractivity contribution is 6.09. The van der Waals surface area contributed by atoms with Gasteiger partial charge in [-0.2, -0.15) is 5.10 Å². The molecule has 0 radical (unpaired) electrons. The number of para-hydroxylation sites is 1. The molecule has 0 atom stereocenters.